The van der Waals surface area contributed by atoms with Crippen molar-refractivity contribution in [1.29, 1.82) is 0 Å². The Hall–Kier alpha value is -1.99. The monoisotopic (exact) mass is 329 g/mol. The fourth-order valence-corrected chi connectivity index (χ4v) is 3.76. The van der Waals surface area contributed by atoms with Crippen LogP contribution in [0.4, 0.5) is 0 Å². The first kappa shape index (κ1) is 14.6. The SMILES string of the molecule is Cc1oc(-c2ccsc2)nc1CN1CCC[C@H]1Cn1cncn1. The van der Waals surface area contributed by atoms with Gasteiger partial charge >= 0.3 is 0 Å². The number of aromatic nitrogens is 4. The molecule has 0 amide bonds. The summed E-state index contributed by atoms with van der Waals surface area (Å²) in [5.41, 5.74) is 2.10. The van der Waals surface area contributed by atoms with Crippen molar-refractivity contribution in [2.75, 3.05) is 6.54 Å². The average molecular weight is 329 g/mol. The van der Waals surface area contributed by atoms with Crippen molar-refractivity contribution in [3.8, 4) is 11.5 Å². The molecule has 0 bridgehead atoms. The Morgan fingerprint density at radius 1 is 1.43 bits per heavy atom. The fraction of sp³-hybridized carbons (Fsp3) is 0.438. The van der Waals surface area contributed by atoms with Crippen LogP contribution >= 0.6 is 11.3 Å². The van der Waals surface area contributed by atoms with E-state index in [1.807, 2.05) is 23.1 Å². The largest absolute Gasteiger partial charge is 0.441 e. The van der Waals surface area contributed by atoms with Crippen molar-refractivity contribution in [2.45, 2.75) is 38.9 Å². The van der Waals surface area contributed by atoms with Crippen LogP contribution in [0.3, 0.4) is 0 Å². The molecular weight excluding hydrogens is 310 g/mol. The molecule has 3 aromatic rings. The van der Waals surface area contributed by atoms with E-state index in [0.29, 0.717) is 6.04 Å². The third-order valence-electron chi connectivity index (χ3n) is 4.38. The quantitative estimate of drug-likeness (QED) is 0.720. The van der Waals surface area contributed by atoms with Gasteiger partial charge in [-0.15, -0.1) is 0 Å². The highest BCUT2D eigenvalue weighted by atomic mass is 32.1. The van der Waals surface area contributed by atoms with Crippen LogP contribution < -0.4 is 0 Å². The lowest BCUT2D eigenvalue weighted by Gasteiger charge is -2.23. The Bertz CT molecular complexity index is 750. The van der Waals surface area contributed by atoms with E-state index < -0.39 is 0 Å². The molecule has 4 rings (SSSR count). The van der Waals surface area contributed by atoms with E-state index in [1.54, 1.807) is 24.0 Å². The van der Waals surface area contributed by atoms with Crippen molar-refractivity contribution in [3.05, 3.63) is 40.9 Å². The Kier molecular flexibility index (Phi) is 3.97. The molecular formula is C16H19N5OS. The lowest BCUT2D eigenvalue weighted by atomic mass is 10.2. The lowest BCUT2D eigenvalue weighted by molar-refractivity contribution is 0.216. The summed E-state index contributed by atoms with van der Waals surface area (Å²) in [6.45, 7) is 4.81. The van der Waals surface area contributed by atoms with Crippen LogP contribution in [0.15, 0.2) is 33.9 Å². The summed E-state index contributed by atoms with van der Waals surface area (Å²) < 4.78 is 7.76. The zero-order valence-corrected chi connectivity index (χ0v) is 13.9. The number of likely N-dealkylation sites (tertiary alicyclic amines) is 1. The predicted molar refractivity (Wildman–Crippen MR) is 88.0 cm³/mol. The molecule has 6 nitrogen and oxygen atoms in total. The number of nitrogens with zero attached hydrogens (tertiary/aromatic N) is 5. The molecule has 0 aromatic carbocycles. The van der Waals surface area contributed by atoms with E-state index in [4.69, 9.17) is 9.40 Å². The molecule has 1 saturated heterocycles. The first-order chi connectivity index (χ1) is 11.3. The van der Waals surface area contributed by atoms with Crippen molar-refractivity contribution in [1.82, 2.24) is 24.6 Å². The zero-order valence-electron chi connectivity index (χ0n) is 13.1. The van der Waals surface area contributed by atoms with Gasteiger partial charge in [-0.25, -0.2) is 9.97 Å². The maximum atomic E-state index is 5.85. The molecule has 1 aliphatic rings. The maximum Gasteiger partial charge on any atom is 0.227 e. The van der Waals surface area contributed by atoms with Gasteiger partial charge in [-0.2, -0.15) is 16.4 Å². The summed E-state index contributed by atoms with van der Waals surface area (Å²) in [4.78, 5) is 11.2. The number of aryl methyl sites for hydroxylation is 1. The van der Waals surface area contributed by atoms with Crippen LogP contribution in [0.25, 0.3) is 11.5 Å². The highest BCUT2D eigenvalue weighted by molar-refractivity contribution is 7.08. The Labute approximate surface area is 138 Å². The normalized spacial score (nSPS) is 18.7. The van der Waals surface area contributed by atoms with Gasteiger partial charge in [0.2, 0.25) is 5.89 Å². The molecule has 0 aliphatic carbocycles. The zero-order chi connectivity index (χ0) is 15.6. The van der Waals surface area contributed by atoms with E-state index in [9.17, 15) is 0 Å². The standard InChI is InChI=1S/C16H19N5OS/c1-12-15(19-16(22-12)13-4-6-23-9-13)8-20-5-2-3-14(20)7-21-11-17-10-18-21/h4,6,9-11,14H,2-3,5,7-8H2,1H3/t14-/m0/s1. The van der Waals surface area contributed by atoms with Crippen LogP contribution in [-0.4, -0.2) is 37.2 Å². The molecule has 0 saturated carbocycles. The topological polar surface area (TPSA) is 60.0 Å². The average Bonchev–Trinajstić information content (AvgIpc) is 3.31. The van der Waals surface area contributed by atoms with E-state index >= 15 is 0 Å². The smallest absolute Gasteiger partial charge is 0.227 e. The van der Waals surface area contributed by atoms with Gasteiger partial charge in [0.25, 0.3) is 0 Å². The fourth-order valence-electron chi connectivity index (χ4n) is 3.13. The summed E-state index contributed by atoms with van der Waals surface area (Å²) in [6, 6.07) is 2.53. The molecule has 23 heavy (non-hydrogen) atoms. The second-order valence-corrected chi connectivity index (χ2v) is 6.70. The molecule has 3 aromatic heterocycles. The minimum absolute atomic E-state index is 0.484. The van der Waals surface area contributed by atoms with Crippen LogP contribution in [0, 0.1) is 6.92 Å². The summed E-state index contributed by atoms with van der Waals surface area (Å²) in [5.74, 6) is 1.64. The van der Waals surface area contributed by atoms with Gasteiger partial charge in [-0.1, -0.05) is 0 Å². The maximum absolute atomic E-state index is 5.85. The number of hydrogen-bond donors (Lipinski definition) is 0. The van der Waals surface area contributed by atoms with Crippen LogP contribution in [0.2, 0.25) is 0 Å². The highest BCUT2D eigenvalue weighted by Gasteiger charge is 2.27. The number of hydrogen-bond acceptors (Lipinski definition) is 6. The summed E-state index contributed by atoms with van der Waals surface area (Å²) >= 11 is 1.66. The molecule has 0 unspecified atom stereocenters. The lowest BCUT2D eigenvalue weighted by Crippen LogP contribution is -2.33. The molecule has 120 valence electrons. The van der Waals surface area contributed by atoms with Crippen molar-refractivity contribution in [3.63, 3.8) is 0 Å². The summed E-state index contributed by atoms with van der Waals surface area (Å²) in [6.07, 6.45) is 5.78. The minimum atomic E-state index is 0.484. The summed E-state index contributed by atoms with van der Waals surface area (Å²) in [7, 11) is 0. The van der Waals surface area contributed by atoms with Gasteiger partial charge in [0.05, 0.1) is 12.2 Å². The molecule has 1 aliphatic heterocycles. The Morgan fingerprint density at radius 2 is 2.39 bits per heavy atom. The minimum Gasteiger partial charge on any atom is -0.441 e. The van der Waals surface area contributed by atoms with E-state index in [2.05, 4.69) is 20.4 Å². The van der Waals surface area contributed by atoms with Crippen molar-refractivity contribution < 1.29 is 4.42 Å². The van der Waals surface area contributed by atoms with Gasteiger partial charge in [0.15, 0.2) is 0 Å². The molecule has 0 N–H and O–H groups in total. The first-order valence-electron chi connectivity index (χ1n) is 7.85. The number of rotatable bonds is 5. The predicted octanol–water partition coefficient (Wildman–Crippen LogP) is 2.97. The molecule has 1 atom stereocenters. The summed E-state index contributed by atoms with van der Waals surface area (Å²) in [5, 5.41) is 8.34. The van der Waals surface area contributed by atoms with Gasteiger partial charge in [0, 0.05) is 23.5 Å². The van der Waals surface area contributed by atoms with Crippen LogP contribution in [0.1, 0.15) is 24.3 Å². The third-order valence-corrected chi connectivity index (χ3v) is 5.06. The second kappa shape index (κ2) is 6.25. The Morgan fingerprint density at radius 3 is 3.17 bits per heavy atom. The Balaban J connectivity index is 1.48. The van der Waals surface area contributed by atoms with Crippen LogP contribution in [-0.2, 0) is 13.1 Å². The molecule has 1 fully saturated rings. The van der Waals surface area contributed by atoms with Gasteiger partial charge in [0.1, 0.15) is 18.4 Å². The third kappa shape index (κ3) is 3.07. The molecule has 4 heterocycles. The molecule has 7 heteroatoms. The van der Waals surface area contributed by atoms with Gasteiger partial charge < -0.3 is 4.42 Å². The van der Waals surface area contributed by atoms with E-state index in [1.165, 1.54) is 12.8 Å². The van der Waals surface area contributed by atoms with Crippen molar-refractivity contribution in [2.24, 2.45) is 0 Å². The van der Waals surface area contributed by atoms with E-state index in [0.717, 1.165) is 42.5 Å². The highest BCUT2D eigenvalue weighted by Crippen LogP contribution is 2.27. The van der Waals surface area contributed by atoms with Crippen molar-refractivity contribution >= 4 is 11.3 Å². The first-order valence-corrected chi connectivity index (χ1v) is 8.79. The van der Waals surface area contributed by atoms with Gasteiger partial charge in [-0.05, 0) is 37.8 Å². The van der Waals surface area contributed by atoms with Gasteiger partial charge in [-0.3, -0.25) is 9.58 Å². The number of thiophene rings is 1. The second-order valence-electron chi connectivity index (χ2n) is 5.92. The number of oxazole rings is 1. The van der Waals surface area contributed by atoms with Crippen LogP contribution in [0.5, 0.6) is 0 Å². The molecule has 0 radical (unpaired) electrons. The molecule has 0 spiro atoms. The van der Waals surface area contributed by atoms with E-state index in [-0.39, 0.29) is 0 Å².